The van der Waals surface area contributed by atoms with Crippen molar-refractivity contribution < 1.29 is 9.50 Å². The minimum atomic E-state index is -0.713. The maximum atomic E-state index is 13.1. The predicted octanol–water partition coefficient (Wildman–Crippen LogP) is 2.83. The fourth-order valence-corrected chi connectivity index (χ4v) is 1.39. The number of hydrogen-bond donors (Lipinski definition) is 1. The van der Waals surface area contributed by atoms with E-state index in [1.165, 1.54) is 6.20 Å². The number of aliphatic hydroxyl groups is 1. The average molecular weight is 197 g/mol. The Kier molecular flexibility index (Phi) is 4.53. The Morgan fingerprint density at radius 1 is 1.50 bits per heavy atom. The number of aromatic nitrogens is 1. The molecule has 0 aliphatic carbocycles. The molecule has 1 rings (SSSR count). The first kappa shape index (κ1) is 11.1. The molecular formula is C11H16FNO. The van der Waals surface area contributed by atoms with E-state index in [0.29, 0.717) is 12.0 Å². The van der Waals surface area contributed by atoms with Crippen LogP contribution in [0.3, 0.4) is 0 Å². The highest BCUT2D eigenvalue weighted by molar-refractivity contribution is 5.13. The molecule has 0 fully saturated rings. The third kappa shape index (κ3) is 3.07. The number of unbranched alkanes of at least 4 members (excludes halogenated alkanes) is 2. The molecule has 1 heterocycles. The van der Waals surface area contributed by atoms with Gasteiger partial charge in [-0.2, -0.15) is 4.39 Å². The Labute approximate surface area is 83.8 Å². The van der Waals surface area contributed by atoms with Crippen molar-refractivity contribution >= 4 is 0 Å². The Balaban J connectivity index is 2.51. The number of rotatable bonds is 5. The van der Waals surface area contributed by atoms with Gasteiger partial charge in [0.05, 0.1) is 6.10 Å². The molecule has 1 aromatic rings. The minimum absolute atomic E-state index is 0.309. The van der Waals surface area contributed by atoms with E-state index in [0.717, 1.165) is 19.3 Å². The Bertz CT molecular complexity index is 278. The summed E-state index contributed by atoms with van der Waals surface area (Å²) in [6.07, 6.45) is 4.37. The van der Waals surface area contributed by atoms with Crippen LogP contribution in [0.4, 0.5) is 4.39 Å². The van der Waals surface area contributed by atoms with Crippen molar-refractivity contribution in [2.24, 2.45) is 0 Å². The summed E-state index contributed by atoms with van der Waals surface area (Å²) in [6.45, 7) is 2.09. The normalized spacial score (nSPS) is 12.8. The highest BCUT2D eigenvalue weighted by atomic mass is 19.1. The van der Waals surface area contributed by atoms with E-state index in [1.54, 1.807) is 12.1 Å². The molecular weight excluding hydrogens is 181 g/mol. The summed E-state index contributed by atoms with van der Waals surface area (Å²) < 4.78 is 13.1. The van der Waals surface area contributed by atoms with Crippen molar-refractivity contribution in [2.75, 3.05) is 0 Å². The van der Waals surface area contributed by atoms with E-state index >= 15 is 0 Å². The molecule has 0 radical (unpaired) electrons. The molecule has 0 aliphatic rings. The maximum absolute atomic E-state index is 13.1. The van der Waals surface area contributed by atoms with Crippen LogP contribution < -0.4 is 0 Å². The summed E-state index contributed by atoms with van der Waals surface area (Å²) in [7, 11) is 0. The number of aliphatic hydroxyl groups excluding tert-OH is 1. The molecule has 0 amide bonds. The third-order valence-corrected chi connectivity index (χ3v) is 2.23. The van der Waals surface area contributed by atoms with E-state index in [9.17, 15) is 9.50 Å². The van der Waals surface area contributed by atoms with Crippen LogP contribution in [0.2, 0.25) is 0 Å². The molecule has 14 heavy (non-hydrogen) atoms. The molecule has 0 aliphatic heterocycles. The summed E-state index contributed by atoms with van der Waals surface area (Å²) >= 11 is 0. The molecule has 1 atom stereocenters. The average Bonchev–Trinajstić information content (AvgIpc) is 2.18. The zero-order valence-corrected chi connectivity index (χ0v) is 8.41. The summed E-state index contributed by atoms with van der Waals surface area (Å²) in [4.78, 5) is 3.50. The second kappa shape index (κ2) is 5.70. The molecule has 0 saturated carbocycles. The van der Waals surface area contributed by atoms with Crippen LogP contribution in [-0.4, -0.2) is 10.1 Å². The fraction of sp³-hybridized carbons (Fsp3) is 0.545. The maximum Gasteiger partial charge on any atom is 0.218 e. The standard InChI is InChI=1S/C11H16FNO/c1-2-3-4-7-10(14)9-6-5-8-13-11(9)12/h5-6,8,10,14H,2-4,7H2,1H3. The SMILES string of the molecule is CCCCCC(O)c1cccnc1F. The van der Waals surface area contributed by atoms with Crippen LogP contribution in [0, 0.1) is 5.95 Å². The van der Waals surface area contributed by atoms with E-state index in [-0.39, 0.29) is 0 Å². The predicted molar refractivity (Wildman–Crippen MR) is 53.3 cm³/mol. The lowest BCUT2D eigenvalue weighted by Crippen LogP contribution is -2.01. The van der Waals surface area contributed by atoms with Gasteiger partial charge in [-0.15, -0.1) is 0 Å². The zero-order chi connectivity index (χ0) is 10.4. The molecule has 78 valence electrons. The molecule has 0 saturated heterocycles. The molecule has 0 bridgehead atoms. The summed E-state index contributed by atoms with van der Waals surface area (Å²) in [5.41, 5.74) is 0.309. The third-order valence-electron chi connectivity index (χ3n) is 2.23. The summed E-state index contributed by atoms with van der Waals surface area (Å²) in [5, 5.41) is 9.65. The number of hydrogen-bond acceptors (Lipinski definition) is 2. The monoisotopic (exact) mass is 197 g/mol. The van der Waals surface area contributed by atoms with E-state index in [4.69, 9.17) is 0 Å². The Hall–Kier alpha value is -0.960. The fourth-order valence-electron chi connectivity index (χ4n) is 1.39. The van der Waals surface area contributed by atoms with Gasteiger partial charge in [-0.25, -0.2) is 4.98 Å². The van der Waals surface area contributed by atoms with Crippen LogP contribution >= 0.6 is 0 Å². The molecule has 1 unspecified atom stereocenters. The zero-order valence-electron chi connectivity index (χ0n) is 8.41. The van der Waals surface area contributed by atoms with Crippen molar-refractivity contribution in [1.29, 1.82) is 0 Å². The number of nitrogens with zero attached hydrogens (tertiary/aromatic N) is 1. The molecule has 1 N–H and O–H groups in total. The van der Waals surface area contributed by atoms with Gasteiger partial charge in [-0.3, -0.25) is 0 Å². The number of pyridine rings is 1. The van der Waals surface area contributed by atoms with Gasteiger partial charge in [-0.05, 0) is 12.5 Å². The van der Waals surface area contributed by atoms with Gasteiger partial charge in [0, 0.05) is 11.8 Å². The lowest BCUT2D eigenvalue weighted by Gasteiger charge is -2.10. The van der Waals surface area contributed by atoms with E-state index in [1.807, 2.05) is 0 Å². The van der Waals surface area contributed by atoms with Gasteiger partial charge in [0.1, 0.15) is 0 Å². The van der Waals surface area contributed by atoms with Crippen molar-refractivity contribution in [3.05, 3.63) is 29.8 Å². The Morgan fingerprint density at radius 2 is 2.29 bits per heavy atom. The Morgan fingerprint density at radius 3 is 2.93 bits per heavy atom. The number of halogens is 1. The smallest absolute Gasteiger partial charge is 0.218 e. The second-order valence-corrected chi connectivity index (χ2v) is 3.40. The highest BCUT2D eigenvalue weighted by Gasteiger charge is 2.11. The minimum Gasteiger partial charge on any atom is -0.388 e. The van der Waals surface area contributed by atoms with Gasteiger partial charge < -0.3 is 5.11 Å². The molecule has 1 aromatic heterocycles. The molecule has 2 nitrogen and oxygen atoms in total. The van der Waals surface area contributed by atoms with Gasteiger partial charge in [0.2, 0.25) is 5.95 Å². The van der Waals surface area contributed by atoms with Crippen LogP contribution in [-0.2, 0) is 0 Å². The van der Waals surface area contributed by atoms with Crippen molar-refractivity contribution in [3.8, 4) is 0 Å². The van der Waals surface area contributed by atoms with E-state index < -0.39 is 12.1 Å². The van der Waals surface area contributed by atoms with Gasteiger partial charge in [0.15, 0.2) is 0 Å². The van der Waals surface area contributed by atoms with Crippen LogP contribution in [0.1, 0.15) is 44.3 Å². The first-order valence-electron chi connectivity index (χ1n) is 5.04. The largest absolute Gasteiger partial charge is 0.388 e. The van der Waals surface area contributed by atoms with Crippen molar-refractivity contribution in [1.82, 2.24) is 4.98 Å². The van der Waals surface area contributed by atoms with Crippen LogP contribution in [0.5, 0.6) is 0 Å². The lowest BCUT2D eigenvalue weighted by molar-refractivity contribution is 0.158. The first-order chi connectivity index (χ1) is 6.75. The lowest BCUT2D eigenvalue weighted by atomic mass is 10.0. The first-order valence-corrected chi connectivity index (χ1v) is 5.04. The van der Waals surface area contributed by atoms with Crippen LogP contribution in [0.25, 0.3) is 0 Å². The topological polar surface area (TPSA) is 33.1 Å². The van der Waals surface area contributed by atoms with Crippen LogP contribution in [0.15, 0.2) is 18.3 Å². The van der Waals surface area contributed by atoms with Gasteiger partial charge in [-0.1, -0.05) is 32.3 Å². The van der Waals surface area contributed by atoms with E-state index in [2.05, 4.69) is 11.9 Å². The van der Waals surface area contributed by atoms with Gasteiger partial charge >= 0.3 is 0 Å². The highest BCUT2D eigenvalue weighted by Crippen LogP contribution is 2.20. The summed E-state index contributed by atoms with van der Waals surface area (Å²) in [6, 6.07) is 3.22. The molecule has 0 spiro atoms. The summed E-state index contributed by atoms with van der Waals surface area (Å²) in [5.74, 6) is -0.559. The van der Waals surface area contributed by atoms with Gasteiger partial charge in [0.25, 0.3) is 0 Å². The molecule has 0 aromatic carbocycles. The van der Waals surface area contributed by atoms with Crippen molar-refractivity contribution in [2.45, 2.75) is 38.7 Å². The molecule has 3 heteroatoms. The quantitative estimate of drug-likeness (QED) is 0.581. The van der Waals surface area contributed by atoms with Crippen molar-refractivity contribution in [3.63, 3.8) is 0 Å². The second-order valence-electron chi connectivity index (χ2n) is 3.40.